The molecule has 3 rings (SSSR count). The van der Waals surface area contributed by atoms with Crippen molar-refractivity contribution < 1.29 is 14.1 Å². The number of hydrogen-bond donors (Lipinski definition) is 0. The number of rotatable bonds is 5. The zero-order valence-electron chi connectivity index (χ0n) is 15.4. The second-order valence-corrected chi connectivity index (χ2v) is 6.90. The number of likely N-dealkylation sites (tertiary alicyclic amines) is 1. The van der Waals surface area contributed by atoms with Gasteiger partial charge in [0, 0.05) is 38.4 Å². The first-order valence-electron chi connectivity index (χ1n) is 8.90. The van der Waals surface area contributed by atoms with Crippen molar-refractivity contribution in [3.63, 3.8) is 0 Å². The third-order valence-corrected chi connectivity index (χ3v) is 4.90. The van der Waals surface area contributed by atoms with Crippen molar-refractivity contribution in [3.05, 3.63) is 69.0 Å². The van der Waals surface area contributed by atoms with Crippen LogP contribution in [-0.4, -0.2) is 35.9 Å². The van der Waals surface area contributed by atoms with Crippen LogP contribution in [0.2, 0.25) is 0 Å². The van der Waals surface area contributed by atoms with Gasteiger partial charge in [-0.15, -0.1) is 0 Å². The molecular formula is C20H22FN3O3. The van der Waals surface area contributed by atoms with Gasteiger partial charge in [0.25, 0.3) is 11.6 Å². The summed E-state index contributed by atoms with van der Waals surface area (Å²) < 4.78 is 13.8. The number of benzene rings is 2. The topological polar surface area (TPSA) is 66.7 Å². The molecule has 6 nitrogen and oxygen atoms in total. The molecule has 0 unspecified atom stereocenters. The average molecular weight is 371 g/mol. The third-order valence-electron chi connectivity index (χ3n) is 4.90. The van der Waals surface area contributed by atoms with E-state index in [1.807, 2.05) is 18.0 Å². The quantitative estimate of drug-likeness (QED) is 0.590. The molecule has 0 bridgehead atoms. The normalized spacial score (nSPS) is 13.7. The monoisotopic (exact) mass is 371 g/mol. The molecule has 7 heteroatoms. The second-order valence-electron chi connectivity index (χ2n) is 6.90. The Bertz CT molecular complexity index is 879. The fraction of sp³-hybridized carbons (Fsp3) is 0.350. The number of nitro groups is 1. The first-order valence-corrected chi connectivity index (χ1v) is 8.90. The Morgan fingerprint density at radius 3 is 2.56 bits per heavy atom. The molecule has 0 N–H and O–H groups in total. The zero-order valence-corrected chi connectivity index (χ0v) is 15.4. The van der Waals surface area contributed by atoms with E-state index in [9.17, 15) is 19.3 Å². The van der Waals surface area contributed by atoms with Crippen molar-refractivity contribution in [1.82, 2.24) is 4.90 Å². The molecule has 0 aliphatic carbocycles. The van der Waals surface area contributed by atoms with Crippen LogP contribution in [0.1, 0.15) is 34.3 Å². The number of anilines is 1. The third kappa shape index (κ3) is 4.07. The number of amides is 1. The standard InChI is InChI=1S/C20H22FN3O3/c1-14-5-6-15(11-18(14)21)13-22(2)16-7-8-19(24(26)27)17(12-16)20(25)23-9-3-4-10-23/h5-8,11-12H,3-4,9-10,13H2,1-2H3. The Morgan fingerprint density at radius 2 is 1.93 bits per heavy atom. The van der Waals surface area contributed by atoms with E-state index in [1.54, 1.807) is 30.0 Å². The summed E-state index contributed by atoms with van der Waals surface area (Å²) in [5, 5.41) is 11.4. The van der Waals surface area contributed by atoms with Gasteiger partial charge >= 0.3 is 0 Å². The van der Waals surface area contributed by atoms with Crippen LogP contribution in [0, 0.1) is 22.9 Å². The van der Waals surface area contributed by atoms with Crippen LogP contribution >= 0.6 is 0 Å². The van der Waals surface area contributed by atoms with E-state index >= 15 is 0 Å². The maximum atomic E-state index is 13.8. The van der Waals surface area contributed by atoms with Gasteiger partial charge in [0.15, 0.2) is 0 Å². The number of nitrogens with zero attached hydrogens (tertiary/aromatic N) is 3. The summed E-state index contributed by atoms with van der Waals surface area (Å²) in [7, 11) is 1.81. The van der Waals surface area contributed by atoms with Crippen molar-refractivity contribution in [3.8, 4) is 0 Å². The van der Waals surface area contributed by atoms with E-state index in [2.05, 4.69) is 0 Å². The molecule has 1 fully saturated rings. The predicted molar refractivity (Wildman–Crippen MR) is 101 cm³/mol. The summed E-state index contributed by atoms with van der Waals surface area (Å²) in [4.78, 5) is 27.1. The van der Waals surface area contributed by atoms with E-state index in [-0.39, 0.29) is 23.0 Å². The molecule has 0 aromatic heterocycles. The molecule has 0 spiro atoms. The first-order chi connectivity index (χ1) is 12.9. The maximum absolute atomic E-state index is 13.8. The van der Waals surface area contributed by atoms with Gasteiger partial charge < -0.3 is 9.80 Å². The first kappa shape index (κ1) is 18.8. The van der Waals surface area contributed by atoms with E-state index in [1.165, 1.54) is 12.1 Å². The van der Waals surface area contributed by atoms with Crippen molar-refractivity contribution in [2.75, 3.05) is 25.0 Å². The van der Waals surface area contributed by atoms with Crippen LogP contribution in [0.5, 0.6) is 0 Å². The molecule has 1 aliphatic heterocycles. The fourth-order valence-electron chi connectivity index (χ4n) is 3.28. The molecule has 2 aromatic rings. The highest BCUT2D eigenvalue weighted by Gasteiger charge is 2.27. The minimum Gasteiger partial charge on any atom is -0.370 e. The summed E-state index contributed by atoms with van der Waals surface area (Å²) in [6, 6.07) is 9.58. The smallest absolute Gasteiger partial charge is 0.282 e. The lowest BCUT2D eigenvalue weighted by Crippen LogP contribution is -2.28. The van der Waals surface area contributed by atoms with Crippen LogP contribution in [0.15, 0.2) is 36.4 Å². The fourth-order valence-corrected chi connectivity index (χ4v) is 3.28. The van der Waals surface area contributed by atoms with Gasteiger partial charge in [-0.05, 0) is 49.1 Å². The van der Waals surface area contributed by atoms with Crippen molar-refractivity contribution in [2.24, 2.45) is 0 Å². The molecule has 0 radical (unpaired) electrons. The van der Waals surface area contributed by atoms with Crippen molar-refractivity contribution in [2.45, 2.75) is 26.3 Å². The lowest BCUT2D eigenvalue weighted by molar-refractivity contribution is -0.385. The Kier molecular flexibility index (Phi) is 5.39. The van der Waals surface area contributed by atoms with Crippen LogP contribution in [-0.2, 0) is 6.54 Å². The van der Waals surface area contributed by atoms with Gasteiger partial charge in [0.2, 0.25) is 0 Å². The average Bonchev–Trinajstić information content (AvgIpc) is 3.18. The molecule has 27 heavy (non-hydrogen) atoms. The minimum absolute atomic E-state index is 0.0985. The van der Waals surface area contributed by atoms with Gasteiger partial charge in [-0.3, -0.25) is 14.9 Å². The Hall–Kier alpha value is -2.96. The number of carbonyl (C=O) groups excluding carboxylic acids is 1. The molecule has 0 atom stereocenters. The largest absolute Gasteiger partial charge is 0.370 e. The molecule has 0 saturated carbocycles. The highest BCUT2D eigenvalue weighted by atomic mass is 19.1. The van der Waals surface area contributed by atoms with Crippen LogP contribution in [0.25, 0.3) is 0 Å². The van der Waals surface area contributed by atoms with Gasteiger partial charge in [0.05, 0.1) is 4.92 Å². The van der Waals surface area contributed by atoms with Crippen molar-refractivity contribution >= 4 is 17.3 Å². The number of aryl methyl sites for hydroxylation is 1. The van der Waals surface area contributed by atoms with Gasteiger partial charge in [-0.2, -0.15) is 0 Å². The Labute approximate surface area is 157 Å². The number of halogens is 1. The Balaban J connectivity index is 1.88. The van der Waals surface area contributed by atoms with Gasteiger partial charge in [-0.1, -0.05) is 12.1 Å². The molecule has 2 aromatic carbocycles. The summed E-state index contributed by atoms with van der Waals surface area (Å²) in [5.41, 5.74) is 1.94. The molecule has 1 heterocycles. The van der Waals surface area contributed by atoms with Crippen molar-refractivity contribution in [1.29, 1.82) is 0 Å². The highest BCUT2D eigenvalue weighted by Crippen LogP contribution is 2.28. The summed E-state index contributed by atoms with van der Waals surface area (Å²) in [5.74, 6) is -0.578. The summed E-state index contributed by atoms with van der Waals surface area (Å²) in [6.07, 6.45) is 1.83. The summed E-state index contributed by atoms with van der Waals surface area (Å²) >= 11 is 0. The summed E-state index contributed by atoms with van der Waals surface area (Å²) in [6.45, 7) is 3.37. The zero-order chi connectivity index (χ0) is 19.6. The molecule has 142 valence electrons. The van der Waals surface area contributed by atoms with Gasteiger partial charge in [-0.25, -0.2) is 4.39 Å². The van der Waals surface area contributed by atoms with Crippen LogP contribution in [0.3, 0.4) is 0 Å². The van der Waals surface area contributed by atoms with E-state index < -0.39 is 4.92 Å². The number of hydrogen-bond acceptors (Lipinski definition) is 4. The van der Waals surface area contributed by atoms with E-state index in [0.717, 1.165) is 18.4 Å². The second kappa shape index (κ2) is 7.73. The molecule has 1 amide bonds. The minimum atomic E-state index is -0.525. The Morgan fingerprint density at radius 1 is 1.22 bits per heavy atom. The molecule has 1 aliphatic rings. The van der Waals surface area contributed by atoms with Crippen LogP contribution in [0.4, 0.5) is 15.8 Å². The lowest BCUT2D eigenvalue weighted by atomic mass is 10.1. The predicted octanol–water partition coefficient (Wildman–Crippen LogP) is 3.91. The SMILES string of the molecule is Cc1ccc(CN(C)c2ccc([N+](=O)[O-])c(C(=O)N3CCCC3)c2)cc1F. The highest BCUT2D eigenvalue weighted by molar-refractivity contribution is 5.99. The maximum Gasteiger partial charge on any atom is 0.282 e. The number of carbonyl (C=O) groups is 1. The lowest BCUT2D eigenvalue weighted by Gasteiger charge is -2.21. The number of nitro benzene ring substituents is 1. The van der Waals surface area contributed by atoms with Gasteiger partial charge in [0.1, 0.15) is 11.4 Å². The molecule has 1 saturated heterocycles. The van der Waals surface area contributed by atoms with Crippen LogP contribution < -0.4 is 4.90 Å². The van der Waals surface area contributed by atoms with E-state index in [4.69, 9.17) is 0 Å². The molecular weight excluding hydrogens is 349 g/mol. The van der Waals surface area contributed by atoms with E-state index in [0.29, 0.717) is 30.9 Å².